The SMILES string of the molecule is C[Si](C)C(C)(C)COCC(OCc1ccccc1)C1CO1. The topological polar surface area (TPSA) is 31.0 Å². The van der Waals surface area contributed by atoms with E-state index in [9.17, 15) is 0 Å². The summed E-state index contributed by atoms with van der Waals surface area (Å²) in [6.07, 6.45) is 0.259. The molecule has 2 rings (SSSR count). The third kappa shape index (κ3) is 5.55. The smallest absolute Gasteiger partial charge is 0.110 e. The quantitative estimate of drug-likeness (QED) is 0.516. The first-order valence-electron chi connectivity index (χ1n) is 7.64. The van der Waals surface area contributed by atoms with Crippen LogP contribution in [0, 0.1) is 0 Å². The second-order valence-corrected chi connectivity index (χ2v) is 9.96. The van der Waals surface area contributed by atoms with E-state index in [0.717, 1.165) is 13.2 Å². The summed E-state index contributed by atoms with van der Waals surface area (Å²) in [4.78, 5) is 0. The van der Waals surface area contributed by atoms with Crippen molar-refractivity contribution in [1.82, 2.24) is 0 Å². The Morgan fingerprint density at radius 1 is 1.29 bits per heavy atom. The number of epoxide rings is 1. The number of hydrogen-bond acceptors (Lipinski definition) is 3. The molecule has 0 bridgehead atoms. The van der Waals surface area contributed by atoms with Crippen molar-refractivity contribution >= 4 is 8.80 Å². The third-order valence-electron chi connectivity index (χ3n) is 4.18. The van der Waals surface area contributed by atoms with E-state index in [1.54, 1.807) is 0 Å². The van der Waals surface area contributed by atoms with Crippen molar-refractivity contribution in [2.24, 2.45) is 0 Å². The fourth-order valence-electron chi connectivity index (χ4n) is 1.89. The Bertz CT molecular complexity index is 415. The minimum Gasteiger partial charge on any atom is -0.378 e. The van der Waals surface area contributed by atoms with Crippen molar-refractivity contribution in [3.63, 3.8) is 0 Å². The molecule has 3 nitrogen and oxygen atoms in total. The van der Waals surface area contributed by atoms with Gasteiger partial charge in [-0.05, 0) is 10.6 Å². The van der Waals surface area contributed by atoms with E-state index in [2.05, 4.69) is 39.1 Å². The predicted molar refractivity (Wildman–Crippen MR) is 87.1 cm³/mol. The van der Waals surface area contributed by atoms with E-state index in [1.165, 1.54) is 5.56 Å². The van der Waals surface area contributed by atoms with Crippen molar-refractivity contribution < 1.29 is 14.2 Å². The highest BCUT2D eigenvalue weighted by Crippen LogP contribution is 2.29. The molecule has 0 N–H and O–H groups in total. The normalized spacial score (nSPS) is 19.8. The average Bonchev–Trinajstić information content (AvgIpc) is 3.28. The van der Waals surface area contributed by atoms with Gasteiger partial charge >= 0.3 is 0 Å². The maximum Gasteiger partial charge on any atom is 0.110 e. The van der Waals surface area contributed by atoms with Crippen LogP contribution in [-0.2, 0) is 20.8 Å². The molecule has 2 atom stereocenters. The lowest BCUT2D eigenvalue weighted by Gasteiger charge is -2.28. The molecular formula is C17H27O3Si. The van der Waals surface area contributed by atoms with Crippen LogP contribution in [0.1, 0.15) is 19.4 Å². The maximum absolute atomic E-state index is 5.99. The minimum atomic E-state index is -0.365. The van der Waals surface area contributed by atoms with Crippen LogP contribution in [0.4, 0.5) is 0 Å². The lowest BCUT2D eigenvalue weighted by Crippen LogP contribution is -2.31. The van der Waals surface area contributed by atoms with Crippen molar-refractivity contribution in [2.45, 2.75) is 50.8 Å². The Kier molecular flexibility index (Phi) is 5.99. The summed E-state index contributed by atoms with van der Waals surface area (Å²) in [7, 11) is -0.365. The zero-order valence-corrected chi connectivity index (χ0v) is 14.6. The lowest BCUT2D eigenvalue weighted by molar-refractivity contribution is -0.0411. The molecule has 4 heteroatoms. The Morgan fingerprint density at radius 2 is 1.95 bits per heavy atom. The van der Waals surface area contributed by atoms with Crippen molar-refractivity contribution in [1.29, 1.82) is 0 Å². The average molecular weight is 307 g/mol. The summed E-state index contributed by atoms with van der Waals surface area (Å²) in [5.41, 5.74) is 1.19. The van der Waals surface area contributed by atoms with Gasteiger partial charge in [0.15, 0.2) is 0 Å². The maximum atomic E-state index is 5.99. The fraction of sp³-hybridized carbons (Fsp3) is 0.647. The van der Waals surface area contributed by atoms with Crippen LogP contribution in [0.5, 0.6) is 0 Å². The summed E-state index contributed by atoms with van der Waals surface area (Å²) >= 11 is 0. The summed E-state index contributed by atoms with van der Waals surface area (Å²) in [6.45, 7) is 12.1. The summed E-state index contributed by atoms with van der Waals surface area (Å²) in [5.74, 6) is 0. The highest BCUT2D eigenvalue weighted by atomic mass is 28.3. The van der Waals surface area contributed by atoms with Crippen LogP contribution < -0.4 is 0 Å². The molecule has 0 aliphatic carbocycles. The molecule has 1 aliphatic heterocycles. The summed E-state index contributed by atoms with van der Waals surface area (Å²) < 4.78 is 17.3. The van der Waals surface area contributed by atoms with Crippen LogP contribution in [0.2, 0.25) is 18.1 Å². The highest BCUT2D eigenvalue weighted by molar-refractivity contribution is 6.59. The van der Waals surface area contributed by atoms with E-state index in [-0.39, 0.29) is 21.0 Å². The molecule has 0 aromatic heterocycles. The van der Waals surface area contributed by atoms with E-state index in [1.807, 2.05) is 18.2 Å². The van der Waals surface area contributed by atoms with Crippen LogP contribution in [0.25, 0.3) is 0 Å². The molecule has 1 aliphatic rings. The molecule has 0 spiro atoms. The first-order chi connectivity index (χ1) is 9.99. The van der Waals surface area contributed by atoms with Gasteiger partial charge in [0.05, 0.1) is 28.6 Å². The Balaban J connectivity index is 1.75. The molecule has 1 radical (unpaired) electrons. The van der Waals surface area contributed by atoms with Gasteiger partial charge in [0.1, 0.15) is 12.2 Å². The van der Waals surface area contributed by atoms with Crippen LogP contribution >= 0.6 is 0 Å². The molecule has 2 unspecified atom stereocenters. The van der Waals surface area contributed by atoms with E-state index in [0.29, 0.717) is 18.3 Å². The second-order valence-electron chi connectivity index (χ2n) is 6.61. The predicted octanol–water partition coefficient (Wildman–Crippen LogP) is 3.52. The van der Waals surface area contributed by atoms with Gasteiger partial charge in [-0.3, -0.25) is 0 Å². The van der Waals surface area contributed by atoms with Gasteiger partial charge in [0.2, 0.25) is 0 Å². The van der Waals surface area contributed by atoms with Gasteiger partial charge in [-0.15, -0.1) is 0 Å². The molecule has 1 fully saturated rings. The second kappa shape index (κ2) is 7.54. The molecule has 0 saturated carbocycles. The number of ether oxygens (including phenoxy) is 3. The van der Waals surface area contributed by atoms with Crippen molar-refractivity contribution in [3.05, 3.63) is 35.9 Å². The minimum absolute atomic E-state index is 0.0467. The van der Waals surface area contributed by atoms with Gasteiger partial charge in [-0.1, -0.05) is 57.3 Å². The van der Waals surface area contributed by atoms with Crippen molar-refractivity contribution in [2.75, 3.05) is 19.8 Å². The lowest BCUT2D eigenvalue weighted by atomic mass is 10.2. The highest BCUT2D eigenvalue weighted by Gasteiger charge is 2.34. The Labute approximate surface area is 130 Å². The molecule has 117 valence electrons. The zero-order chi connectivity index (χ0) is 15.3. The molecule has 21 heavy (non-hydrogen) atoms. The van der Waals surface area contributed by atoms with Crippen LogP contribution in [0.3, 0.4) is 0 Å². The molecule has 1 heterocycles. The van der Waals surface area contributed by atoms with E-state index < -0.39 is 0 Å². The monoisotopic (exact) mass is 307 g/mol. The molecular weight excluding hydrogens is 280 g/mol. The first-order valence-corrected chi connectivity index (χ1v) is 10.1. The van der Waals surface area contributed by atoms with Crippen molar-refractivity contribution in [3.8, 4) is 0 Å². The zero-order valence-electron chi connectivity index (χ0n) is 13.6. The van der Waals surface area contributed by atoms with Gasteiger partial charge in [-0.2, -0.15) is 0 Å². The first kappa shape index (κ1) is 16.7. The summed E-state index contributed by atoms with van der Waals surface area (Å²) in [5, 5.41) is 0.291. The molecule has 1 aromatic carbocycles. The standard InChI is InChI=1S/C17H27O3Si/c1-17(2,21(3)4)13-18-11-15(16-12-20-16)19-10-14-8-6-5-7-9-14/h5-9,15-16H,10-13H2,1-4H3. The summed E-state index contributed by atoms with van der Waals surface area (Å²) in [6, 6.07) is 10.2. The van der Waals surface area contributed by atoms with Gasteiger partial charge in [0.25, 0.3) is 0 Å². The Hall–Kier alpha value is -0.683. The van der Waals surface area contributed by atoms with E-state index >= 15 is 0 Å². The van der Waals surface area contributed by atoms with Gasteiger partial charge in [0, 0.05) is 6.61 Å². The third-order valence-corrected chi connectivity index (χ3v) is 7.03. The molecule has 0 amide bonds. The molecule has 1 saturated heterocycles. The Morgan fingerprint density at radius 3 is 2.52 bits per heavy atom. The number of benzene rings is 1. The van der Waals surface area contributed by atoms with Gasteiger partial charge < -0.3 is 14.2 Å². The van der Waals surface area contributed by atoms with Gasteiger partial charge in [-0.25, -0.2) is 0 Å². The van der Waals surface area contributed by atoms with E-state index in [4.69, 9.17) is 14.2 Å². The fourth-order valence-corrected chi connectivity index (χ4v) is 2.28. The number of rotatable bonds is 9. The number of hydrogen-bond donors (Lipinski definition) is 0. The van der Waals surface area contributed by atoms with Crippen LogP contribution in [0.15, 0.2) is 30.3 Å². The molecule has 1 aromatic rings. The largest absolute Gasteiger partial charge is 0.378 e. The van der Waals surface area contributed by atoms with Crippen LogP contribution in [-0.4, -0.2) is 40.8 Å².